The molecule has 2 aromatic carbocycles. The van der Waals surface area contributed by atoms with Crippen molar-refractivity contribution in [2.75, 3.05) is 23.0 Å². The van der Waals surface area contributed by atoms with Gasteiger partial charge in [0.1, 0.15) is 11.6 Å². The number of nitrogens with zero attached hydrogens (tertiary/aromatic N) is 2. The molecule has 2 fully saturated rings. The first-order valence-corrected chi connectivity index (χ1v) is 11.5. The standard InChI is InChI=1S/C20H20ClFN2O4S/c1-2-28-16-7-5-15(6-8-16)24-19-12-29(26,27)11-18(19)23(20(24)25)10-13-3-4-14(22)9-17(13)21/h3-9,18-19H,2,10-12H2,1H3/t18-,19+/m0/s1. The van der Waals surface area contributed by atoms with Crippen molar-refractivity contribution in [1.29, 1.82) is 0 Å². The minimum Gasteiger partial charge on any atom is -0.494 e. The summed E-state index contributed by atoms with van der Waals surface area (Å²) in [5.41, 5.74) is 1.18. The number of carbonyl (C=O) groups excluding carboxylic acids is 1. The van der Waals surface area contributed by atoms with Crippen molar-refractivity contribution in [3.63, 3.8) is 0 Å². The van der Waals surface area contributed by atoms with E-state index in [2.05, 4.69) is 0 Å². The molecule has 0 radical (unpaired) electrons. The van der Waals surface area contributed by atoms with E-state index in [9.17, 15) is 17.6 Å². The third-order valence-electron chi connectivity index (χ3n) is 5.26. The summed E-state index contributed by atoms with van der Waals surface area (Å²) in [4.78, 5) is 16.3. The van der Waals surface area contributed by atoms with Crippen LogP contribution in [0.5, 0.6) is 5.75 Å². The molecule has 0 aromatic heterocycles. The number of carbonyl (C=O) groups is 1. The maximum Gasteiger partial charge on any atom is 0.325 e. The predicted molar refractivity (Wildman–Crippen MR) is 109 cm³/mol. The zero-order valence-electron chi connectivity index (χ0n) is 15.7. The summed E-state index contributed by atoms with van der Waals surface area (Å²) in [6.07, 6.45) is 0. The van der Waals surface area contributed by atoms with Gasteiger partial charge in [-0.15, -0.1) is 0 Å². The van der Waals surface area contributed by atoms with E-state index in [-0.39, 0.29) is 29.1 Å². The van der Waals surface area contributed by atoms with E-state index >= 15 is 0 Å². The first-order valence-electron chi connectivity index (χ1n) is 9.26. The number of halogens is 2. The summed E-state index contributed by atoms with van der Waals surface area (Å²) < 4.78 is 43.4. The van der Waals surface area contributed by atoms with E-state index in [0.717, 1.165) is 0 Å². The molecule has 29 heavy (non-hydrogen) atoms. The highest BCUT2D eigenvalue weighted by molar-refractivity contribution is 7.91. The molecule has 2 heterocycles. The van der Waals surface area contributed by atoms with E-state index < -0.39 is 27.7 Å². The number of ether oxygens (including phenoxy) is 1. The van der Waals surface area contributed by atoms with Crippen LogP contribution in [0.25, 0.3) is 0 Å². The van der Waals surface area contributed by atoms with Crippen molar-refractivity contribution in [3.8, 4) is 5.75 Å². The molecule has 2 aliphatic rings. The van der Waals surface area contributed by atoms with E-state index in [1.165, 1.54) is 28.0 Å². The Morgan fingerprint density at radius 2 is 1.83 bits per heavy atom. The first kappa shape index (κ1) is 20.0. The van der Waals surface area contributed by atoms with Crippen molar-refractivity contribution < 1.29 is 22.3 Å². The largest absolute Gasteiger partial charge is 0.494 e. The number of amides is 2. The predicted octanol–water partition coefficient (Wildman–Crippen LogP) is 3.49. The maximum atomic E-state index is 13.4. The van der Waals surface area contributed by atoms with Crippen molar-refractivity contribution in [3.05, 3.63) is 58.9 Å². The second-order valence-corrected chi connectivity index (χ2v) is 9.72. The van der Waals surface area contributed by atoms with Crippen LogP contribution in [0.1, 0.15) is 12.5 Å². The fourth-order valence-corrected chi connectivity index (χ4v) is 6.14. The molecule has 2 aromatic rings. The van der Waals surface area contributed by atoms with Crippen LogP contribution in [0.2, 0.25) is 5.02 Å². The lowest BCUT2D eigenvalue weighted by Gasteiger charge is -2.23. The van der Waals surface area contributed by atoms with Gasteiger partial charge >= 0.3 is 6.03 Å². The average molecular weight is 439 g/mol. The lowest BCUT2D eigenvalue weighted by Crippen LogP contribution is -2.37. The number of benzene rings is 2. The van der Waals surface area contributed by atoms with Gasteiger partial charge in [-0.3, -0.25) is 4.90 Å². The quantitative estimate of drug-likeness (QED) is 0.670. The summed E-state index contributed by atoms with van der Waals surface area (Å²) in [7, 11) is -3.28. The molecule has 6 nitrogen and oxygen atoms in total. The van der Waals surface area contributed by atoms with Gasteiger partial charge in [0.15, 0.2) is 9.84 Å². The Morgan fingerprint density at radius 1 is 1.14 bits per heavy atom. The molecule has 154 valence electrons. The van der Waals surface area contributed by atoms with Crippen molar-refractivity contribution in [2.45, 2.75) is 25.6 Å². The van der Waals surface area contributed by atoms with Crippen molar-refractivity contribution in [2.24, 2.45) is 0 Å². The van der Waals surface area contributed by atoms with Gasteiger partial charge in [0.05, 0.1) is 30.2 Å². The second kappa shape index (κ2) is 7.50. The molecule has 9 heteroatoms. The molecule has 4 rings (SSSR count). The van der Waals surface area contributed by atoms with Crippen LogP contribution < -0.4 is 9.64 Å². The van der Waals surface area contributed by atoms with Crippen LogP contribution in [0, 0.1) is 5.82 Å². The molecule has 0 N–H and O–H groups in total. The van der Waals surface area contributed by atoms with Gasteiger partial charge in [-0.1, -0.05) is 17.7 Å². The monoisotopic (exact) mass is 438 g/mol. The summed E-state index contributed by atoms with van der Waals surface area (Å²) in [6, 6.07) is 9.72. The molecule has 2 aliphatic heterocycles. The Labute approximate surface area is 173 Å². The molecule has 0 aliphatic carbocycles. The van der Waals surface area contributed by atoms with Gasteiger partial charge in [-0.25, -0.2) is 17.6 Å². The number of urea groups is 1. The van der Waals surface area contributed by atoms with Crippen LogP contribution in [0.3, 0.4) is 0 Å². The smallest absolute Gasteiger partial charge is 0.325 e. The van der Waals surface area contributed by atoms with E-state index in [0.29, 0.717) is 23.6 Å². The van der Waals surface area contributed by atoms with Gasteiger partial charge in [0, 0.05) is 17.3 Å². The number of hydrogen-bond donors (Lipinski definition) is 0. The fourth-order valence-electron chi connectivity index (χ4n) is 3.97. The zero-order valence-corrected chi connectivity index (χ0v) is 17.3. The molecule has 0 saturated carbocycles. The first-order chi connectivity index (χ1) is 13.8. The number of sulfone groups is 1. The Hall–Kier alpha value is -2.32. The van der Waals surface area contributed by atoms with Crippen LogP contribution in [0.15, 0.2) is 42.5 Å². The Bertz CT molecular complexity index is 1040. The SMILES string of the molecule is CCOc1ccc(N2C(=O)N(Cc3ccc(F)cc3Cl)[C@H]3CS(=O)(=O)C[C@H]32)cc1. The van der Waals surface area contributed by atoms with E-state index in [4.69, 9.17) is 16.3 Å². The zero-order chi connectivity index (χ0) is 20.8. The van der Waals surface area contributed by atoms with Crippen molar-refractivity contribution >= 4 is 33.2 Å². The number of anilines is 1. The second-order valence-electron chi connectivity index (χ2n) is 7.15. The van der Waals surface area contributed by atoms with Crippen LogP contribution in [-0.2, 0) is 16.4 Å². The molecule has 0 spiro atoms. The average Bonchev–Trinajstić information content (AvgIpc) is 3.09. The Morgan fingerprint density at radius 3 is 2.48 bits per heavy atom. The Kier molecular flexibility index (Phi) is 5.16. The van der Waals surface area contributed by atoms with E-state index in [1.54, 1.807) is 24.3 Å². The van der Waals surface area contributed by atoms with Gasteiger partial charge in [0.25, 0.3) is 0 Å². The lowest BCUT2D eigenvalue weighted by atomic mass is 10.1. The molecule has 2 atom stereocenters. The molecule has 2 amide bonds. The highest BCUT2D eigenvalue weighted by atomic mass is 35.5. The third-order valence-corrected chi connectivity index (χ3v) is 7.31. The molecular weight excluding hydrogens is 419 g/mol. The van der Waals surface area contributed by atoms with Gasteiger partial charge in [-0.2, -0.15) is 0 Å². The molecule has 0 unspecified atom stereocenters. The number of fused-ring (bicyclic) bond motifs is 1. The van der Waals surface area contributed by atoms with E-state index in [1.807, 2.05) is 6.92 Å². The number of rotatable bonds is 5. The minimum absolute atomic E-state index is 0.0930. The van der Waals surface area contributed by atoms with Crippen LogP contribution in [0.4, 0.5) is 14.9 Å². The lowest BCUT2D eigenvalue weighted by molar-refractivity contribution is 0.206. The van der Waals surface area contributed by atoms with Gasteiger partial charge in [0.2, 0.25) is 0 Å². The Balaban J connectivity index is 1.67. The van der Waals surface area contributed by atoms with Crippen molar-refractivity contribution in [1.82, 2.24) is 4.90 Å². The molecular formula is C20H20ClFN2O4S. The van der Waals surface area contributed by atoms with Crippen LogP contribution in [-0.4, -0.2) is 49.5 Å². The molecule has 2 saturated heterocycles. The van der Waals surface area contributed by atoms with Crippen LogP contribution >= 0.6 is 11.6 Å². The normalized spacial score (nSPS) is 22.8. The van der Waals surface area contributed by atoms with Gasteiger partial charge in [-0.05, 0) is 48.9 Å². The van der Waals surface area contributed by atoms with Gasteiger partial charge < -0.3 is 9.64 Å². The summed E-state index contributed by atoms with van der Waals surface area (Å²) in [5.74, 6) is 0.0114. The minimum atomic E-state index is -3.28. The highest BCUT2D eigenvalue weighted by Gasteiger charge is 2.53. The highest BCUT2D eigenvalue weighted by Crippen LogP contribution is 2.37. The summed E-state index contributed by atoms with van der Waals surface area (Å²) in [5, 5.41) is 0.203. The molecule has 0 bridgehead atoms. The third kappa shape index (κ3) is 3.79. The summed E-state index contributed by atoms with van der Waals surface area (Å²) in [6.45, 7) is 2.52. The number of hydrogen-bond acceptors (Lipinski definition) is 4. The maximum absolute atomic E-state index is 13.4. The fraction of sp³-hybridized carbons (Fsp3) is 0.350. The summed E-state index contributed by atoms with van der Waals surface area (Å²) >= 11 is 6.13. The topological polar surface area (TPSA) is 66.9 Å².